The molecule has 4 nitrogen and oxygen atoms in total. The van der Waals surface area contributed by atoms with Gasteiger partial charge in [0.2, 0.25) is 0 Å². The van der Waals surface area contributed by atoms with Gasteiger partial charge in [-0.2, -0.15) is 0 Å². The van der Waals surface area contributed by atoms with Crippen LogP contribution >= 0.6 is 0 Å². The van der Waals surface area contributed by atoms with Crippen LogP contribution < -0.4 is 48.7 Å². The summed E-state index contributed by atoms with van der Waals surface area (Å²) in [7, 11) is -5.61. The van der Waals surface area contributed by atoms with Crippen LogP contribution in [0, 0.1) is 0 Å². The molecule has 0 aliphatic heterocycles. The van der Waals surface area contributed by atoms with Gasteiger partial charge in [0.25, 0.3) is 0 Å². The van der Waals surface area contributed by atoms with E-state index < -0.39 is 9.05 Å². The third kappa shape index (κ3) is 93.9. The van der Waals surface area contributed by atoms with Crippen LogP contribution in [0.2, 0.25) is 0 Å². The summed E-state index contributed by atoms with van der Waals surface area (Å²) in [4.78, 5) is 34.3. The zero-order valence-corrected chi connectivity index (χ0v) is 7.82. The summed E-state index contributed by atoms with van der Waals surface area (Å²) in [5.41, 5.74) is 0. The predicted octanol–water partition coefficient (Wildman–Crippen LogP) is -8.14. The van der Waals surface area contributed by atoms with E-state index in [2.05, 4.69) is 0 Å². The standard InChI is InChI=1S/Cr.Na.O4Si/c;;1-5(2,3)4/q+3;+1;-4. The molecule has 0 aromatic heterocycles. The Morgan fingerprint density at radius 2 is 0.857 bits per heavy atom. The van der Waals surface area contributed by atoms with E-state index in [9.17, 15) is 0 Å². The Hall–Kier alpha value is 1.59. The zero-order chi connectivity index (χ0) is 4.50. The summed E-state index contributed by atoms with van der Waals surface area (Å²) in [5, 5.41) is 0. The first kappa shape index (κ1) is 15.8. The molecule has 0 spiro atoms. The second-order valence-corrected chi connectivity index (χ2v) is 1.50. The van der Waals surface area contributed by atoms with Crippen molar-refractivity contribution in [1.29, 1.82) is 0 Å². The van der Waals surface area contributed by atoms with Crippen molar-refractivity contribution in [2.45, 2.75) is 0 Å². The van der Waals surface area contributed by atoms with Crippen LogP contribution in [-0.4, -0.2) is 9.05 Å². The molecule has 0 rings (SSSR count). The molecule has 0 bridgehead atoms. The van der Waals surface area contributed by atoms with Crippen LogP contribution in [0.5, 0.6) is 0 Å². The Bertz CT molecular complexity index is 27.2. The molecule has 0 atom stereocenters. The Morgan fingerprint density at radius 3 is 0.857 bits per heavy atom. The summed E-state index contributed by atoms with van der Waals surface area (Å²) < 4.78 is 0. The molecular formula is CrNaO4Si. The molecule has 0 unspecified atom stereocenters. The minimum absolute atomic E-state index is 0. The summed E-state index contributed by atoms with van der Waals surface area (Å²) in [6.45, 7) is 0. The van der Waals surface area contributed by atoms with Crippen molar-refractivity contribution in [3.8, 4) is 0 Å². The van der Waals surface area contributed by atoms with Gasteiger partial charge in [0.05, 0.1) is 0 Å². The minimum atomic E-state index is -5.61. The fourth-order valence-electron chi connectivity index (χ4n) is 0. The first-order valence-electron chi connectivity index (χ1n) is 0.816. The van der Waals surface area contributed by atoms with E-state index in [4.69, 9.17) is 19.2 Å². The second-order valence-electron chi connectivity index (χ2n) is 0.500. The first-order chi connectivity index (χ1) is 2.00. The average Bonchev–Trinajstić information content (AvgIpc) is 0.722. The number of rotatable bonds is 0. The monoisotopic (exact) mass is 167 g/mol. The van der Waals surface area contributed by atoms with Gasteiger partial charge in [-0.1, -0.05) is 0 Å². The molecule has 0 fully saturated rings. The minimum Gasteiger partial charge on any atom is -0.894 e. The third-order valence-electron chi connectivity index (χ3n) is 0. The Kier molecular flexibility index (Phi) is 12.9. The van der Waals surface area contributed by atoms with E-state index in [0.717, 1.165) is 0 Å². The fraction of sp³-hybridized carbons (Fsp3) is 0. The number of hydrogen-bond acceptors (Lipinski definition) is 4. The van der Waals surface area contributed by atoms with Gasteiger partial charge < -0.3 is 28.2 Å². The molecule has 0 saturated heterocycles. The van der Waals surface area contributed by atoms with Crippen LogP contribution in [0.4, 0.5) is 0 Å². The van der Waals surface area contributed by atoms with Crippen LogP contribution in [-0.2, 0) is 17.4 Å². The molecule has 0 aliphatic rings. The van der Waals surface area contributed by atoms with Crippen molar-refractivity contribution in [2.75, 3.05) is 0 Å². The van der Waals surface area contributed by atoms with Gasteiger partial charge in [-0.3, -0.25) is 0 Å². The van der Waals surface area contributed by atoms with Gasteiger partial charge >= 0.3 is 46.9 Å². The third-order valence-corrected chi connectivity index (χ3v) is 0. The van der Waals surface area contributed by atoms with E-state index >= 15 is 0 Å². The largest absolute Gasteiger partial charge is 3.00 e. The maximum atomic E-state index is 8.58. The maximum Gasteiger partial charge on any atom is 3.00 e. The summed E-state index contributed by atoms with van der Waals surface area (Å²) >= 11 is 0. The molecule has 0 aliphatic carbocycles. The molecular weight excluding hydrogens is 167 g/mol. The van der Waals surface area contributed by atoms with Crippen molar-refractivity contribution in [3.05, 3.63) is 0 Å². The van der Waals surface area contributed by atoms with E-state index in [1.807, 2.05) is 0 Å². The van der Waals surface area contributed by atoms with Crippen molar-refractivity contribution < 1.29 is 66.1 Å². The summed E-state index contributed by atoms with van der Waals surface area (Å²) in [6, 6.07) is 0. The van der Waals surface area contributed by atoms with E-state index in [1.165, 1.54) is 0 Å². The van der Waals surface area contributed by atoms with Gasteiger partial charge in [0.1, 0.15) is 0 Å². The van der Waals surface area contributed by atoms with Crippen molar-refractivity contribution >= 4 is 9.05 Å². The Morgan fingerprint density at radius 1 is 0.857 bits per heavy atom. The van der Waals surface area contributed by atoms with Crippen LogP contribution in [0.25, 0.3) is 0 Å². The maximum absolute atomic E-state index is 8.58. The summed E-state index contributed by atoms with van der Waals surface area (Å²) in [6.07, 6.45) is 0. The molecule has 0 aromatic rings. The average molecular weight is 167 g/mol. The SMILES string of the molecule is [Cr+3].[Na+].[O-][Si]([O-])([O-])[O-]. The van der Waals surface area contributed by atoms with Crippen LogP contribution in [0.15, 0.2) is 0 Å². The predicted molar refractivity (Wildman–Crippen MR) is 5.75 cm³/mol. The normalized spacial score (nSPS) is 8.57. The zero-order valence-electron chi connectivity index (χ0n) is 3.54. The second kappa shape index (κ2) is 5.72. The number of hydrogen-bond donors (Lipinski definition) is 0. The van der Waals surface area contributed by atoms with Crippen LogP contribution in [0.3, 0.4) is 0 Å². The van der Waals surface area contributed by atoms with Crippen molar-refractivity contribution in [3.63, 3.8) is 0 Å². The quantitative estimate of drug-likeness (QED) is 0.335. The molecule has 7 heteroatoms. The molecule has 1 radical (unpaired) electrons. The van der Waals surface area contributed by atoms with Gasteiger partial charge in [-0.15, -0.1) is 0 Å². The van der Waals surface area contributed by atoms with Gasteiger partial charge in [-0.25, -0.2) is 0 Å². The topological polar surface area (TPSA) is 92.2 Å². The van der Waals surface area contributed by atoms with Crippen molar-refractivity contribution in [2.24, 2.45) is 0 Å². The van der Waals surface area contributed by atoms with E-state index in [0.29, 0.717) is 0 Å². The summed E-state index contributed by atoms with van der Waals surface area (Å²) in [5.74, 6) is 0. The van der Waals surface area contributed by atoms with E-state index in [1.54, 1.807) is 0 Å². The van der Waals surface area contributed by atoms with Gasteiger partial charge in [0.15, 0.2) is 0 Å². The Balaban J connectivity index is -0.0000000800. The molecule has 0 amide bonds. The Labute approximate surface area is 74.7 Å². The first-order valence-corrected chi connectivity index (χ1v) is 2.45. The molecule has 0 N–H and O–H groups in total. The molecule has 7 heavy (non-hydrogen) atoms. The molecule has 0 saturated carbocycles. The molecule has 0 aromatic carbocycles. The van der Waals surface area contributed by atoms with E-state index in [-0.39, 0.29) is 46.9 Å². The van der Waals surface area contributed by atoms with Crippen molar-refractivity contribution in [1.82, 2.24) is 0 Å². The van der Waals surface area contributed by atoms with Gasteiger partial charge in [-0.05, 0) is 0 Å². The molecule has 35 valence electrons. The van der Waals surface area contributed by atoms with Crippen LogP contribution in [0.1, 0.15) is 0 Å². The molecule has 0 heterocycles. The fourth-order valence-corrected chi connectivity index (χ4v) is 0. The smallest absolute Gasteiger partial charge is 0.894 e. The van der Waals surface area contributed by atoms with Gasteiger partial charge in [0, 0.05) is 0 Å².